The highest BCUT2D eigenvalue weighted by atomic mass is 32.2. The molecular formula is C20H26N4O3S. The summed E-state index contributed by atoms with van der Waals surface area (Å²) >= 11 is 0. The van der Waals surface area contributed by atoms with Gasteiger partial charge in [-0.2, -0.15) is 0 Å². The Kier molecular flexibility index (Phi) is 5.23. The molecular weight excluding hydrogens is 376 g/mol. The Morgan fingerprint density at radius 3 is 2.43 bits per heavy atom. The summed E-state index contributed by atoms with van der Waals surface area (Å²) < 4.78 is 23.9. The van der Waals surface area contributed by atoms with Gasteiger partial charge in [-0.15, -0.1) is 0 Å². The molecule has 1 amide bonds. The van der Waals surface area contributed by atoms with Crippen LogP contribution < -0.4 is 4.90 Å². The van der Waals surface area contributed by atoms with Crippen molar-refractivity contribution in [3.05, 3.63) is 24.5 Å². The summed E-state index contributed by atoms with van der Waals surface area (Å²) in [4.78, 5) is 25.9. The Labute approximate surface area is 165 Å². The monoisotopic (exact) mass is 402 g/mol. The minimum absolute atomic E-state index is 0.0778. The van der Waals surface area contributed by atoms with Crippen molar-refractivity contribution in [3.63, 3.8) is 0 Å². The molecule has 0 atom stereocenters. The highest BCUT2D eigenvalue weighted by Crippen LogP contribution is 2.30. The van der Waals surface area contributed by atoms with E-state index in [1.165, 1.54) is 19.0 Å². The zero-order chi connectivity index (χ0) is 19.7. The second-order valence-electron chi connectivity index (χ2n) is 7.80. The van der Waals surface area contributed by atoms with Crippen LogP contribution in [0.3, 0.4) is 0 Å². The topological polar surface area (TPSA) is 83.5 Å². The second-order valence-corrected chi connectivity index (χ2v) is 9.81. The summed E-state index contributed by atoms with van der Waals surface area (Å²) in [5.74, 6) is 1.12. The zero-order valence-electron chi connectivity index (χ0n) is 16.2. The Morgan fingerprint density at radius 2 is 1.75 bits per heavy atom. The number of hydrogen-bond acceptors (Lipinski definition) is 6. The number of amides is 1. The Morgan fingerprint density at radius 1 is 1.04 bits per heavy atom. The minimum atomic E-state index is -3.30. The minimum Gasteiger partial charge on any atom is -0.356 e. The van der Waals surface area contributed by atoms with Gasteiger partial charge in [0.1, 0.15) is 12.1 Å². The summed E-state index contributed by atoms with van der Waals surface area (Å²) in [6, 6.07) is 4.96. The van der Waals surface area contributed by atoms with Crippen LogP contribution in [0.4, 0.5) is 5.82 Å². The number of fused-ring (bicyclic) bond motifs is 1. The summed E-state index contributed by atoms with van der Waals surface area (Å²) in [6.07, 6.45) is 7.76. The fraction of sp³-hybridized carbons (Fsp3) is 0.550. The van der Waals surface area contributed by atoms with E-state index in [9.17, 15) is 13.2 Å². The first-order chi connectivity index (χ1) is 13.4. The molecule has 1 aromatic carbocycles. The molecule has 7 nitrogen and oxygen atoms in total. The number of nitrogens with zero attached hydrogens (tertiary/aromatic N) is 4. The van der Waals surface area contributed by atoms with Crippen LogP contribution in [-0.2, 0) is 14.6 Å². The molecule has 4 rings (SSSR count). The Bertz CT molecular complexity index is 978. The highest BCUT2D eigenvalue weighted by Gasteiger charge is 2.30. The van der Waals surface area contributed by atoms with Crippen molar-refractivity contribution in [1.82, 2.24) is 14.9 Å². The van der Waals surface area contributed by atoms with Crippen LogP contribution >= 0.6 is 0 Å². The van der Waals surface area contributed by atoms with E-state index in [1.54, 1.807) is 18.2 Å². The lowest BCUT2D eigenvalue weighted by molar-refractivity contribution is -0.137. The Balaban J connectivity index is 1.53. The van der Waals surface area contributed by atoms with E-state index in [0.29, 0.717) is 5.91 Å². The molecule has 0 spiro atoms. The van der Waals surface area contributed by atoms with Gasteiger partial charge in [-0.1, -0.05) is 0 Å². The van der Waals surface area contributed by atoms with Crippen molar-refractivity contribution in [2.24, 2.45) is 5.92 Å². The number of anilines is 1. The lowest BCUT2D eigenvalue weighted by atomic mass is 9.94. The third-order valence-electron chi connectivity index (χ3n) is 5.83. The molecule has 0 saturated carbocycles. The molecule has 3 heterocycles. The number of carbonyl (C=O) groups excluding carboxylic acids is 1. The van der Waals surface area contributed by atoms with Crippen LogP contribution in [-0.4, -0.2) is 61.6 Å². The normalized spacial score (nSPS) is 19.2. The molecule has 0 aliphatic carbocycles. The number of hydrogen-bond donors (Lipinski definition) is 0. The quantitative estimate of drug-likeness (QED) is 0.783. The molecule has 2 aliphatic rings. The van der Waals surface area contributed by atoms with Gasteiger partial charge >= 0.3 is 0 Å². The summed E-state index contributed by atoms with van der Waals surface area (Å²) in [5, 5.41) is 0.742. The highest BCUT2D eigenvalue weighted by molar-refractivity contribution is 7.90. The molecule has 28 heavy (non-hydrogen) atoms. The number of sulfone groups is 1. The maximum atomic E-state index is 12.8. The summed E-state index contributed by atoms with van der Waals surface area (Å²) in [6.45, 7) is 3.26. The first-order valence-electron chi connectivity index (χ1n) is 9.92. The fourth-order valence-electron chi connectivity index (χ4n) is 4.22. The van der Waals surface area contributed by atoms with E-state index in [0.717, 1.165) is 68.6 Å². The summed E-state index contributed by atoms with van der Waals surface area (Å²) in [7, 11) is -3.30. The lowest BCUT2D eigenvalue weighted by Gasteiger charge is -2.36. The van der Waals surface area contributed by atoms with Gasteiger partial charge in [0.25, 0.3) is 0 Å². The molecule has 0 unspecified atom stereocenters. The van der Waals surface area contributed by atoms with Crippen molar-refractivity contribution in [3.8, 4) is 0 Å². The van der Waals surface area contributed by atoms with Crippen LogP contribution in [0.5, 0.6) is 0 Å². The molecule has 150 valence electrons. The van der Waals surface area contributed by atoms with E-state index < -0.39 is 9.84 Å². The fourth-order valence-corrected chi connectivity index (χ4v) is 4.86. The number of carbonyl (C=O) groups is 1. The number of rotatable bonds is 3. The lowest BCUT2D eigenvalue weighted by Crippen LogP contribution is -2.44. The van der Waals surface area contributed by atoms with Gasteiger partial charge in [-0.3, -0.25) is 4.79 Å². The number of likely N-dealkylation sites (tertiary alicyclic amines) is 1. The maximum absolute atomic E-state index is 12.8. The van der Waals surface area contributed by atoms with Gasteiger partial charge in [0, 0.05) is 43.7 Å². The molecule has 2 fully saturated rings. The van der Waals surface area contributed by atoms with E-state index >= 15 is 0 Å². The first-order valence-corrected chi connectivity index (χ1v) is 11.8. The Hall–Kier alpha value is -2.22. The number of piperidine rings is 2. The third kappa shape index (κ3) is 3.83. The van der Waals surface area contributed by atoms with Crippen LogP contribution in [0.25, 0.3) is 10.9 Å². The molecule has 1 aromatic heterocycles. The third-order valence-corrected chi connectivity index (χ3v) is 6.94. The van der Waals surface area contributed by atoms with Crippen molar-refractivity contribution in [1.29, 1.82) is 0 Å². The number of benzene rings is 1. The van der Waals surface area contributed by atoms with Crippen LogP contribution in [0.15, 0.2) is 29.4 Å². The van der Waals surface area contributed by atoms with E-state index in [4.69, 9.17) is 0 Å². The molecule has 8 heteroatoms. The molecule has 0 N–H and O–H groups in total. The molecule has 2 aliphatic heterocycles. The molecule has 0 bridgehead atoms. The average molecular weight is 403 g/mol. The van der Waals surface area contributed by atoms with Crippen molar-refractivity contribution < 1.29 is 13.2 Å². The van der Waals surface area contributed by atoms with Crippen LogP contribution in [0, 0.1) is 5.92 Å². The smallest absolute Gasteiger partial charge is 0.225 e. The van der Waals surface area contributed by atoms with E-state index in [-0.39, 0.29) is 10.8 Å². The zero-order valence-corrected chi connectivity index (χ0v) is 17.0. The predicted octanol–water partition coefficient (Wildman–Crippen LogP) is 2.26. The first kappa shape index (κ1) is 19.1. The van der Waals surface area contributed by atoms with Gasteiger partial charge in [-0.25, -0.2) is 18.4 Å². The van der Waals surface area contributed by atoms with Gasteiger partial charge in [-0.05, 0) is 50.3 Å². The summed E-state index contributed by atoms with van der Waals surface area (Å²) in [5.41, 5.74) is 0.726. The maximum Gasteiger partial charge on any atom is 0.225 e. The largest absolute Gasteiger partial charge is 0.356 e. The van der Waals surface area contributed by atoms with Crippen LogP contribution in [0.2, 0.25) is 0 Å². The van der Waals surface area contributed by atoms with Crippen molar-refractivity contribution >= 4 is 32.5 Å². The van der Waals surface area contributed by atoms with Gasteiger partial charge in [0.05, 0.1) is 10.4 Å². The van der Waals surface area contributed by atoms with E-state index in [1.807, 2.05) is 4.90 Å². The van der Waals surface area contributed by atoms with Gasteiger partial charge < -0.3 is 9.80 Å². The molecule has 0 radical (unpaired) electrons. The van der Waals surface area contributed by atoms with E-state index in [2.05, 4.69) is 14.9 Å². The second kappa shape index (κ2) is 7.66. The van der Waals surface area contributed by atoms with Crippen molar-refractivity contribution in [2.45, 2.75) is 37.0 Å². The SMILES string of the molecule is CS(=O)(=O)c1ccc2ncnc(N3CCC(C(=O)N4CCCCC4)CC3)c2c1. The van der Waals surface area contributed by atoms with Crippen LogP contribution in [0.1, 0.15) is 32.1 Å². The van der Waals surface area contributed by atoms with Crippen molar-refractivity contribution in [2.75, 3.05) is 37.3 Å². The molecule has 2 saturated heterocycles. The average Bonchev–Trinajstić information content (AvgIpc) is 2.72. The van der Waals surface area contributed by atoms with Gasteiger partial charge in [0.2, 0.25) is 5.91 Å². The predicted molar refractivity (Wildman–Crippen MR) is 108 cm³/mol. The molecule has 2 aromatic rings. The number of aromatic nitrogens is 2. The van der Waals surface area contributed by atoms with Gasteiger partial charge in [0.15, 0.2) is 9.84 Å². The standard InChI is InChI=1S/C20H26N4O3S/c1-28(26,27)16-5-6-18-17(13-16)19(22-14-21-18)23-11-7-15(8-12-23)20(25)24-9-3-2-4-10-24/h5-6,13-15H,2-4,7-12H2,1H3.